The van der Waals surface area contributed by atoms with E-state index in [9.17, 15) is 4.79 Å². The number of carbonyl (C=O) groups is 1. The molecule has 5 aromatic rings. The Kier molecular flexibility index (Phi) is 8.02. The highest BCUT2D eigenvalue weighted by atomic mass is 16.3. The van der Waals surface area contributed by atoms with E-state index >= 15 is 0 Å². The highest BCUT2D eigenvalue weighted by molar-refractivity contribution is 5.89. The SMILES string of the molecule is CC(Cc1c[nH]c2ccccc12)(NCc1cc2ccccc2o1)C(=O)NCCCN1CCN(c2ccccn2)CC1. The van der Waals surface area contributed by atoms with Gasteiger partial charge in [-0.3, -0.25) is 15.0 Å². The molecule has 0 spiro atoms. The lowest BCUT2D eigenvalue weighted by atomic mass is 9.91. The summed E-state index contributed by atoms with van der Waals surface area (Å²) in [7, 11) is 0. The first-order valence-electron chi connectivity index (χ1n) is 14.5. The molecule has 1 atom stereocenters. The molecule has 8 nitrogen and oxygen atoms in total. The number of carbonyl (C=O) groups excluding carboxylic acids is 1. The van der Waals surface area contributed by atoms with Gasteiger partial charge in [-0.05, 0) is 55.8 Å². The van der Waals surface area contributed by atoms with E-state index in [1.54, 1.807) is 0 Å². The van der Waals surface area contributed by atoms with E-state index in [0.717, 1.165) is 78.2 Å². The second-order valence-corrected chi connectivity index (χ2v) is 11.1. The number of aromatic nitrogens is 2. The maximum atomic E-state index is 13.7. The predicted molar refractivity (Wildman–Crippen MR) is 164 cm³/mol. The van der Waals surface area contributed by atoms with Gasteiger partial charge in [-0.15, -0.1) is 0 Å². The molecule has 3 N–H and O–H groups in total. The Labute approximate surface area is 240 Å². The average molecular weight is 551 g/mol. The van der Waals surface area contributed by atoms with Crippen molar-refractivity contribution in [3.63, 3.8) is 0 Å². The Hall–Kier alpha value is -4.14. The highest BCUT2D eigenvalue weighted by Gasteiger charge is 2.34. The summed E-state index contributed by atoms with van der Waals surface area (Å²) in [6, 6.07) is 24.3. The van der Waals surface area contributed by atoms with Gasteiger partial charge in [0, 0.05) is 67.8 Å². The maximum absolute atomic E-state index is 13.7. The minimum atomic E-state index is -0.821. The molecule has 1 unspecified atom stereocenters. The van der Waals surface area contributed by atoms with Crippen LogP contribution in [0.5, 0.6) is 0 Å². The van der Waals surface area contributed by atoms with Crippen LogP contribution >= 0.6 is 0 Å². The minimum Gasteiger partial charge on any atom is -0.460 e. The Bertz CT molecular complexity index is 1550. The first-order valence-corrected chi connectivity index (χ1v) is 14.5. The van der Waals surface area contributed by atoms with Crippen LogP contribution in [-0.4, -0.2) is 65.6 Å². The molecule has 0 aliphatic carbocycles. The summed E-state index contributed by atoms with van der Waals surface area (Å²) in [4.78, 5) is 26.4. The Morgan fingerprint density at radius 3 is 2.66 bits per heavy atom. The van der Waals surface area contributed by atoms with Crippen LogP contribution in [0.25, 0.3) is 21.9 Å². The van der Waals surface area contributed by atoms with Gasteiger partial charge >= 0.3 is 0 Å². The molecule has 1 amide bonds. The third-order valence-corrected chi connectivity index (χ3v) is 8.13. The lowest BCUT2D eigenvalue weighted by molar-refractivity contribution is -0.127. The van der Waals surface area contributed by atoms with E-state index in [1.165, 1.54) is 0 Å². The van der Waals surface area contributed by atoms with Crippen LogP contribution in [0, 0.1) is 0 Å². The maximum Gasteiger partial charge on any atom is 0.240 e. The molecule has 212 valence electrons. The van der Waals surface area contributed by atoms with Crippen LogP contribution in [0.3, 0.4) is 0 Å². The van der Waals surface area contributed by atoms with E-state index in [0.29, 0.717) is 19.5 Å². The number of nitrogens with one attached hydrogen (secondary N) is 3. The van der Waals surface area contributed by atoms with Gasteiger partial charge in [0.25, 0.3) is 0 Å². The summed E-state index contributed by atoms with van der Waals surface area (Å²) in [6.07, 6.45) is 5.33. The molecular weight excluding hydrogens is 512 g/mol. The van der Waals surface area contributed by atoms with Gasteiger partial charge in [0.2, 0.25) is 5.91 Å². The number of piperazine rings is 1. The summed E-state index contributed by atoms with van der Waals surface area (Å²) in [5.74, 6) is 1.86. The predicted octanol–water partition coefficient (Wildman–Crippen LogP) is 4.73. The number of rotatable bonds is 11. The van der Waals surface area contributed by atoms with Crippen molar-refractivity contribution in [3.8, 4) is 0 Å². The van der Waals surface area contributed by atoms with Crippen molar-refractivity contribution in [2.45, 2.75) is 31.8 Å². The monoisotopic (exact) mass is 550 g/mol. The Morgan fingerprint density at radius 2 is 1.83 bits per heavy atom. The summed E-state index contributed by atoms with van der Waals surface area (Å²) < 4.78 is 6.04. The average Bonchev–Trinajstić information content (AvgIpc) is 3.63. The van der Waals surface area contributed by atoms with Crippen molar-refractivity contribution in [3.05, 3.63) is 96.5 Å². The van der Waals surface area contributed by atoms with Crippen molar-refractivity contribution in [2.24, 2.45) is 0 Å². The zero-order valence-electron chi connectivity index (χ0n) is 23.6. The summed E-state index contributed by atoms with van der Waals surface area (Å²) >= 11 is 0. The molecule has 8 heteroatoms. The van der Waals surface area contributed by atoms with Gasteiger partial charge in [-0.2, -0.15) is 0 Å². The second-order valence-electron chi connectivity index (χ2n) is 11.1. The van der Waals surface area contributed by atoms with Gasteiger partial charge in [0.15, 0.2) is 0 Å². The molecule has 1 aliphatic rings. The zero-order chi connectivity index (χ0) is 28.1. The van der Waals surface area contributed by atoms with Crippen LogP contribution in [0.4, 0.5) is 5.82 Å². The fourth-order valence-electron chi connectivity index (χ4n) is 5.73. The smallest absolute Gasteiger partial charge is 0.240 e. The van der Waals surface area contributed by atoms with Gasteiger partial charge in [0.1, 0.15) is 17.2 Å². The molecule has 2 aromatic carbocycles. The summed E-state index contributed by atoms with van der Waals surface area (Å²) in [6.45, 7) is 7.99. The number of pyridine rings is 1. The van der Waals surface area contributed by atoms with Gasteiger partial charge in [-0.25, -0.2) is 4.98 Å². The minimum absolute atomic E-state index is 0.00105. The van der Waals surface area contributed by atoms with Crippen molar-refractivity contribution in [1.82, 2.24) is 25.5 Å². The molecule has 0 saturated carbocycles. The standard InChI is InChI=1S/C33H38N6O2/c1-33(22-26-23-36-29-11-4-3-10-28(26)29,37-24-27-21-25-9-2-5-12-30(25)41-27)32(40)35-15-8-16-38-17-19-39(20-18-38)31-13-6-7-14-34-31/h2-7,9-14,21,23,36-37H,8,15-20,22,24H2,1H3,(H,35,40). The number of H-pyrrole nitrogens is 1. The van der Waals surface area contributed by atoms with Crippen molar-refractivity contribution in [2.75, 3.05) is 44.2 Å². The number of anilines is 1. The van der Waals surface area contributed by atoms with Crippen molar-refractivity contribution >= 4 is 33.6 Å². The van der Waals surface area contributed by atoms with Crippen LogP contribution in [0.2, 0.25) is 0 Å². The molecule has 6 rings (SSSR count). The number of amides is 1. The number of nitrogens with zero attached hydrogens (tertiary/aromatic N) is 3. The summed E-state index contributed by atoms with van der Waals surface area (Å²) in [5, 5.41) is 8.98. The molecule has 3 aromatic heterocycles. The van der Waals surface area contributed by atoms with Gasteiger partial charge in [-0.1, -0.05) is 42.5 Å². The molecule has 0 radical (unpaired) electrons. The van der Waals surface area contributed by atoms with E-state index in [-0.39, 0.29) is 5.91 Å². The number of furan rings is 1. The third kappa shape index (κ3) is 6.29. The Balaban J connectivity index is 1.06. The number of aromatic amines is 1. The number of para-hydroxylation sites is 2. The lowest BCUT2D eigenvalue weighted by Crippen LogP contribution is -2.56. The first kappa shape index (κ1) is 27.1. The van der Waals surface area contributed by atoms with Crippen molar-refractivity contribution in [1.29, 1.82) is 0 Å². The summed E-state index contributed by atoms with van der Waals surface area (Å²) in [5.41, 5.74) is 2.22. The lowest BCUT2D eigenvalue weighted by Gasteiger charge is -2.35. The van der Waals surface area contributed by atoms with Crippen LogP contribution < -0.4 is 15.5 Å². The molecule has 1 fully saturated rings. The topological polar surface area (TPSA) is 89.4 Å². The van der Waals surface area contributed by atoms with Gasteiger partial charge in [0.05, 0.1) is 12.1 Å². The molecule has 4 heterocycles. The number of fused-ring (bicyclic) bond motifs is 2. The fraction of sp³-hybridized carbons (Fsp3) is 0.333. The van der Waals surface area contributed by atoms with E-state index in [2.05, 4.69) is 48.6 Å². The second kappa shape index (κ2) is 12.2. The third-order valence-electron chi connectivity index (χ3n) is 8.13. The van der Waals surface area contributed by atoms with E-state index in [1.807, 2.05) is 73.9 Å². The highest BCUT2D eigenvalue weighted by Crippen LogP contribution is 2.24. The molecule has 1 aliphatic heterocycles. The molecule has 0 bridgehead atoms. The van der Waals surface area contributed by atoms with E-state index < -0.39 is 5.54 Å². The normalized spacial score (nSPS) is 15.8. The van der Waals surface area contributed by atoms with Crippen molar-refractivity contribution < 1.29 is 9.21 Å². The zero-order valence-corrected chi connectivity index (χ0v) is 23.6. The Morgan fingerprint density at radius 1 is 1.02 bits per heavy atom. The number of hydrogen-bond acceptors (Lipinski definition) is 6. The quantitative estimate of drug-likeness (QED) is 0.206. The van der Waals surface area contributed by atoms with Gasteiger partial charge < -0.3 is 19.6 Å². The molecule has 1 saturated heterocycles. The molecular formula is C33H38N6O2. The van der Waals surface area contributed by atoms with Crippen LogP contribution in [-0.2, 0) is 17.8 Å². The largest absolute Gasteiger partial charge is 0.460 e. The van der Waals surface area contributed by atoms with E-state index in [4.69, 9.17) is 4.42 Å². The first-order chi connectivity index (χ1) is 20.1. The fourth-order valence-corrected chi connectivity index (χ4v) is 5.73. The number of hydrogen-bond donors (Lipinski definition) is 3. The number of benzene rings is 2. The van der Waals surface area contributed by atoms with Crippen LogP contribution in [0.1, 0.15) is 24.7 Å². The molecule has 41 heavy (non-hydrogen) atoms. The van der Waals surface area contributed by atoms with Crippen LogP contribution in [0.15, 0.2) is 89.6 Å².